The number of aromatic nitrogens is 1. The quantitative estimate of drug-likeness (QED) is 0.515. The van der Waals surface area contributed by atoms with Crippen molar-refractivity contribution in [1.82, 2.24) is 10.3 Å². The molecule has 7 heteroatoms. The Labute approximate surface area is 208 Å². The lowest BCUT2D eigenvalue weighted by Crippen LogP contribution is -2.47. The molecule has 2 heterocycles. The van der Waals surface area contributed by atoms with Crippen LogP contribution < -0.4 is 5.32 Å². The molecule has 2 rings (SSSR count). The van der Waals surface area contributed by atoms with Gasteiger partial charge in [-0.25, -0.2) is 4.98 Å². The minimum atomic E-state index is -1.15. The van der Waals surface area contributed by atoms with E-state index < -0.39 is 23.5 Å². The molecule has 5 atom stereocenters. The van der Waals surface area contributed by atoms with Crippen LogP contribution in [0.1, 0.15) is 84.3 Å². The molecule has 0 aromatic carbocycles. The number of thiazole rings is 1. The fraction of sp³-hybridized carbons (Fsp3) is 0.667. The highest BCUT2D eigenvalue weighted by atomic mass is 32.1. The maximum absolute atomic E-state index is 13.2. The van der Waals surface area contributed by atoms with E-state index >= 15 is 0 Å². The van der Waals surface area contributed by atoms with Crippen LogP contribution in [0, 0.1) is 24.2 Å². The molecule has 3 N–H and O–H groups in total. The Bertz CT molecular complexity index is 917. The Morgan fingerprint density at radius 2 is 1.91 bits per heavy atom. The number of hydrogen-bond donors (Lipinski definition) is 3. The maximum atomic E-state index is 13.2. The smallest absolute Gasteiger partial charge is 0.223 e. The van der Waals surface area contributed by atoms with Crippen LogP contribution in [0.25, 0.3) is 6.08 Å². The maximum Gasteiger partial charge on any atom is 0.223 e. The average molecular weight is 491 g/mol. The van der Waals surface area contributed by atoms with Gasteiger partial charge in [0.2, 0.25) is 5.91 Å². The van der Waals surface area contributed by atoms with Crippen LogP contribution in [-0.4, -0.2) is 45.1 Å². The van der Waals surface area contributed by atoms with Crippen LogP contribution in [0.15, 0.2) is 22.6 Å². The molecule has 0 unspecified atom stereocenters. The fourth-order valence-corrected chi connectivity index (χ4v) is 5.09. The zero-order valence-corrected chi connectivity index (χ0v) is 22.5. The van der Waals surface area contributed by atoms with Gasteiger partial charge in [0, 0.05) is 11.3 Å². The van der Waals surface area contributed by atoms with Gasteiger partial charge in [-0.3, -0.25) is 9.59 Å². The molecule has 0 saturated carbocycles. The molecule has 0 fully saturated rings. The minimum Gasteiger partial charge on any atom is -0.392 e. The molecule has 1 aliphatic rings. The van der Waals surface area contributed by atoms with Crippen LogP contribution in [0.3, 0.4) is 0 Å². The first-order chi connectivity index (χ1) is 15.8. The Morgan fingerprint density at radius 3 is 2.53 bits per heavy atom. The van der Waals surface area contributed by atoms with E-state index in [9.17, 15) is 19.8 Å². The number of aliphatic hydroxyl groups is 2. The number of aryl methyl sites for hydroxylation is 1. The van der Waals surface area contributed by atoms with Crippen molar-refractivity contribution in [2.75, 3.05) is 0 Å². The number of allylic oxidation sites excluding steroid dienone is 1. The number of ketones is 1. The van der Waals surface area contributed by atoms with Gasteiger partial charge in [0.15, 0.2) is 0 Å². The standard InChI is InChI=1S/C27H42N2O4S/c1-16-9-8-10-17(2)25(32)19(4)26(33)27(6,7)23(30)14-24(31)29-22(12-11-16)18(3)13-21-15-34-20(5)28-21/h11,13,15,17,19,22-23,25,30,32H,8-10,12,14H2,1-7H3,(H,29,31)/t17-,19-,22-,23-,25+/m0/s1. The van der Waals surface area contributed by atoms with Crippen molar-refractivity contribution in [3.63, 3.8) is 0 Å². The number of amides is 1. The topological polar surface area (TPSA) is 99.5 Å². The predicted octanol–water partition coefficient (Wildman–Crippen LogP) is 4.84. The second kappa shape index (κ2) is 12.2. The molecule has 1 amide bonds. The third-order valence-electron chi connectivity index (χ3n) is 7.19. The molecule has 6 nitrogen and oxygen atoms in total. The first kappa shape index (κ1) is 28.4. The Kier molecular flexibility index (Phi) is 10.2. The summed E-state index contributed by atoms with van der Waals surface area (Å²) in [5, 5.41) is 27.7. The van der Waals surface area contributed by atoms with Crippen molar-refractivity contribution in [2.24, 2.45) is 17.3 Å². The van der Waals surface area contributed by atoms with E-state index in [1.54, 1.807) is 32.1 Å². The highest BCUT2D eigenvalue weighted by molar-refractivity contribution is 7.09. The number of aliphatic hydroxyl groups excluding tert-OH is 2. The summed E-state index contributed by atoms with van der Waals surface area (Å²) < 4.78 is 0. The zero-order valence-electron chi connectivity index (χ0n) is 21.7. The van der Waals surface area contributed by atoms with Crippen LogP contribution in [0.2, 0.25) is 0 Å². The van der Waals surface area contributed by atoms with Gasteiger partial charge in [-0.1, -0.05) is 39.3 Å². The van der Waals surface area contributed by atoms with Crippen molar-refractivity contribution >= 4 is 29.1 Å². The molecule has 34 heavy (non-hydrogen) atoms. The van der Waals surface area contributed by atoms with E-state index in [2.05, 4.69) is 23.3 Å². The van der Waals surface area contributed by atoms with Crippen molar-refractivity contribution in [2.45, 2.75) is 98.8 Å². The number of Topliss-reactive ketones (excluding diaryl/α,β-unsaturated/α-hetero) is 1. The summed E-state index contributed by atoms with van der Waals surface area (Å²) in [6.07, 6.45) is 5.30. The lowest BCUT2D eigenvalue weighted by Gasteiger charge is -2.34. The van der Waals surface area contributed by atoms with Gasteiger partial charge in [0.05, 0.1) is 40.8 Å². The first-order valence-electron chi connectivity index (χ1n) is 12.3. The first-order valence-corrected chi connectivity index (χ1v) is 13.2. The Morgan fingerprint density at radius 1 is 1.24 bits per heavy atom. The Hall–Kier alpha value is -1.83. The van der Waals surface area contributed by atoms with Gasteiger partial charge >= 0.3 is 0 Å². The van der Waals surface area contributed by atoms with Gasteiger partial charge < -0.3 is 15.5 Å². The van der Waals surface area contributed by atoms with Crippen LogP contribution in [0.5, 0.6) is 0 Å². The number of nitrogens with zero attached hydrogens (tertiary/aromatic N) is 1. The van der Waals surface area contributed by atoms with Gasteiger partial charge in [0.1, 0.15) is 5.78 Å². The number of carbonyl (C=O) groups excluding carboxylic acids is 2. The van der Waals surface area contributed by atoms with Gasteiger partial charge in [0.25, 0.3) is 0 Å². The summed E-state index contributed by atoms with van der Waals surface area (Å²) in [4.78, 5) is 30.6. The summed E-state index contributed by atoms with van der Waals surface area (Å²) in [6.45, 7) is 13.0. The number of rotatable bonds is 2. The lowest BCUT2D eigenvalue weighted by molar-refractivity contribution is -0.143. The number of hydrogen-bond acceptors (Lipinski definition) is 6. The summed E-state index contributed by atoms with van der Waals surface area (Å²) >= 11 is 1.58. The van der Waals surface area contributed by atoms with Crippen molar-refractivity contribution in [3.8, 4) is 0 Å². The largest absolute Gasteiger partial charge is 0.392 e. The number of carbonyl (C=O) groups is 2. The van der Waals surface area contributed by atoms with Gasteiger partial charge in [-0.05, 0) is 64.0 Å². The molecule has 0 radical (unpaired) electrons. The molecule has 190 valence electrons. The van der Waals surface area contributed by atoms with Crippen molar-refractivity contribution < 1.29 is 19.8 Å². The molecule has 0 saturated heterocycles. The normalized spacial score (nSPS) is 30.6. The third-order valence-corrected chi connectivity index (χ3v) is 7.98. The van der Waals surface area contributed by atoms with Gasteiger partial charge in [-0.2, -0.15) is 0 Å². The van der Waals surface area contributed by atoms with Gasteiger partial charge in [-0.15, -0.1) is 11.3 Å². The monoisotopic (exact) mass is 490 g/mol. The zero-order chi connectivity index (χ0) is 25.6. The SMILES string of the molecule is CC1=CC[C@@H](C(C)=Cc2csc(C)n2)NC(=O)C[C@H](O)C(C)(C)C(=O)[C@@H](C)[C@H](O)[C@@H](C)CCC1. The van der Waals surface area contributed by atoms with Crippen LogP contribution >= 0.6 is 11.3 Å². The summed E-state index contributed by atoms with van der Waals surface area (Å²) in [5.74, 6) is -1.18. The molecule has 1 aromatic heterocycles. The average Bonchev–Trinajstić information content (AvgIpc) is 3.18. The second-order valence-electron chi connectivity index (χ2n) is 10.5. The van der Waals surface area contributed by atoms with Crippen LogP contribution in [-0.2, 0) is 9.59 Å². The molecule has 0 bridgehead atoms. The van der Waals surface area contributed by atoms with E-state index in [1.165, 1.54) is 5.57 Å². The van der Waals surface area contributed by atoms with E-state index in [0.717, 1.165) is 35.5 Å². The molecule has 0 aliphatic carbocycles. The Balaban J connectivity index is 2.33. The predicted molar refractivity (Wildman–Crippen MR) is 138 cm³/mol. The highest BCUT2D eigenvalue weighted by Crippen LogP contribution is 2.32. The van der Waals surface area contributed by atoms with E-state index in [0.29, 0.717) is 6.42 Å². The second-order valence-corrected chi connectivity index (χ2v) is 11.6. The van der Waals surface area contributed by atoms with E-state index in [1.807, 2.05) is 32.2 Å². The van der Waals surface area contributed by atoms with Crippen LogP contribution in [0.4, 0.5) is 0 Å². The third kappa shape index (κ3) is 7.59. The van der Waals surface area contributed by atoms with E-state index in [4.69, 9.17) is 0 Å². The number of nitrogens with one attached hydrogen (secondary N) is 1. The minimum absolute atomic E-state index is 0.0320. The molecule has 0 spiro atoms. The summed E-state index contributed by atoms with van der Waals surface area (Å²) in [6, 6.07) is -0.233. The highest BCUT2D eigenvalue weighted by Gasteiger charge is 2.42. The lowest BCUT2D eigenvalue weighted by atomic mass is 9.73. The molecular weight excluding hydrogens is 448 g/mol. The fourth-order valence-electron chi connectivity index (χ4n) is 4.52. The van der Waals surface area contributed by atoms with Crippen molar-refractivity contribution in [1.29, 1.82) is 0 Å². The summed E-state index contributed by atoms with van der Waals surface area (Å²) in [5.41, 5.74) is 1.94. The van der Waals surface area contributed by atoms with Crippen molar-refractivity contribution in [3.05, 3.63) is 33.3 Å². The molecule has 1 aromatic rings. The molecular formula is C27H42N2O4S. The summed E-state index contributed by atoms with van der Waals surface area (Å²) in [7, 11) is 0. The van der Waals surface area contributed by atoms with E-state index in [-0.39, 0.29) is 30.1 Å². The molecule has 1 aliphatic heterocycles.